The Morgan fingerprint density at radius 3 is 2.38 bits per heavy atom. The Hall–Kier alpha value is -0.570. The fourth-order valence-corrected chi connectivity index (χ4v) is 2.89. The molecule has 1 rings (SSSR count). The predicted molar refractivity (Wildman–Crippen MR) is 67.0 cm³/mol. The Morgan fingerprint density at radius 2 is 2.00 bits per heavy atom. The number of nitrogens with two attached hydrogens (primary N) is 1. The topological polar surface area (TPSA) is 46.3 Å². The van der Waals surface area contributed by atoms with Gasteiger partial charge in [-0.25, -0.2) is 0 Å². The summed E-state index contributed by atoms with van der Waals surface area (Å²) in [6.07, 6.45) is 4.51. The van der Waals surface area contributed by atoms with E-state index in [-0.39, 0.29) is 11.9 Å². The molecule has 3 heteroatoms. The molecule has 0 aromatic carbocycles. The molecule has 2 N–H and O–H groups in total. The second kappa shape index (κ2) is 6.24. The Morgan fingerprint density at radius 1 is 1.38 bits per heavy atom. The summed E-state index contributed by atoms with van der Waals surface area (Å²) >= 11 is 0. The Kier molecular flexibility index (Phi) is 5.26. The van der Waals surface area contributed by atoms with Crippen LogP contribution >= 0.6 is 0 Å². The van der Waals surface area contributed by atoms with Crippen molar-refractivity contribution in [3.8, 4) is 0 Å². The summed E-state index contributed by atoms with van der Waals surface area (Å²) in [5.41, 5.74) is 5.57. The van der Waals surface area contributed by atoms with Gasteiger partial charge in [0, 0.05) is 6.54 Å². The molecular weight excluding hydrogens is 200 g/mol. The Balaban J connectivity index is 2.67. The van der Waals surface area contributed by atoms with E-state index in [1.165, 1.54) is 12.8 Å². The summed E-state index contributed by atoms with van der Waals surface area (Å²) in [7, 11) is 0. The number of carbonyl (C=O) groups excluding carboxylic acids is 1. The van der Waals surface area contributed by atoms with Crippen LogP contribution < -0.4 is 5.73 Å². The highest BCUT2D eigenvalue weighted by atomic mass is 16.1. The van der Waals surface area contributed by atoms with Gasteiger partial charge in [0.1, 0.15) is 0 Å². The van der Waals surface area contributed by atoms with E-state index in [4.69, 9.17) is 5.73 Å². The molecule has 16 heavy (non-hydrogen) atoms. The summed E-state index contributed by atoms with van der Waals surface area (Å²) in [5, 5.41) is 0. The lowest BCUT2D eigenvalue weighted by atomic mass is 9.92. The Bertz CT molecular complexity index is 226. The van der Waals surface area contributed by atoms with Crippen LogP contribution in [0.4, 0.5) is 0 Å². The molecule has 0 aliphatic carbocycles. The third-order valence-corrected chi connectivity index (χ3v) is 4.07. The summed E-state index contributed by atoms with van der Waals surface area (Å²) in [4.78, 5) is 13.9. The maximum Gasteiger partial charge on any atom is 0.235 e. The van der Waals surface area contributed by atoms with Crippen LogP contribution in [0.15, 0.2) is 0 Å². The fraction of sp³-hybridized carbons (Fsp3) is 0.923. The first-order valence-corrected chi connectivity index (χ1v) is 6.67. The number of amides is 1. The molecule has 0 aromatic rings. The van der Waals surface area contributed by atoms with Crippen LogP contribution in [0.5, 0.6) is 0 Å². The van der Waals surface area contributed by atoms with Gasteiger partial charge in [-0.2, -0.15) is 0 Å². The Labute approximate surface area is 99.4 Å². The van der Waals surface area contributed by atoms with Gasteiger partial charge in [0.2, 0.25) is 5.91 Å². The van der Waals surface area contributed by atoms with Crippen molar-refractivity contribution in [2.24, 2.45) is 17.6 Å². The monoisotopic (exact) mass is 226 g/mol. The van der Waals surface area contributed by atoms with Crippen LogP contribution in [0, 0.1) is 11.8 Å². The predicted octanol–water partition coefficient (Wildman–Crippen LogP) is 2.01. The van der Waals surface area contributed by atoms with Gasteiger partial charge >= 0.3 is 0 Å². The molecule has 0 aromatic heterocycles. The lowest BCUT2D eigenvalue weighted by molar-refractivity contribution is -0.125. The second-order valence-corrected chi connectivity index (χ2v) is 4.98. The van der Waals surface area contributed by atoms with Crippen molar-refractivity contribution in [3.05, 3.63) is 0 Å². The van der Waals surface area contributed by atoms with Crippen molar-refractivity contribution in [2.75, 3.05) is 13.1 Å². The molecular formula is C13H26N2O. The number of hydrogen-bond acceptors (Lipinski definition) is 2. The summed E-state index contributed by atoms with van der Waals surface area (Å²) in [6, 6.07) is -0.0356. The second-order valence-electron chi connectivity index (χ2n) is 4.98. The maximum absolute atomic E-state index is 11.6. The average Bonchev–Trinajstić information content (AvgIpc) is 2.73. The quantitative estimate of drug-likeness (QED) is 0.753. The molecule has 0 saturated carbocycles. The highest BCUT2D eigenvalue weighted by molar-refractivity contribution is 5.80. The van der Waals surface area contributed by atoms with Crippen molar-refractivity contribution >= 4 is 5.91 Å². The van der Waals surface area contributed by atoms with E-state index in [9.17, 15) is 4.79 Å². The summed E-state index contributed by atoms with van der Waals surface area (Å²) in [5.74, 6) is 1.05. The highest BCUT2D eigenvalue weighted by Crippen LogP contribution is 2.26. The molecule has 0 spiro atoms. The van der Waals surface area contributed by atoms with Crippen molar-refractivity contribution in [2.45, 2.75) is 52.5 Å². The molecule has 2 unspecified atom stereocenters. The summed E-state index contributed by atoms with van der Waals surface area (Å²) in [6.45, 7) is 8.63. The molecule has 1 heterocycles. The van der Waals surface area contributed by atoms with Gasteiger partial charge in [-0.1, -0.05) is 40.0 Å². The van der Waals surface area contributed by atoms with E-state index < -0.39 is 0 Å². The fourth-order valence-electron chi connectivity index (χ4n) is 2.89. The zero-order valence-electron chi connectivity index (χ0n) is 10.9. The number of hydrogen-bond donors (Lipinski definition) is 1. The van der Waals surface area contributed by atoms with Crippen LogP contribution in [0.1, 0.15) is 46.5 Å². The standard InChI is InChI=1S/C13H26N2O/c1-4-10-7-8-15(9-10)12(13(14)16)11(5-2)6-3/h10-12H,4-9H2,1-3H3,(H2,14,16). The molecule has 1 fully saturated rings. The van der Waals surface area contributed by atoms with E-state index in [1.54, 1.807) is 0 Å². The molecule has 0 bridgehead atoms. The first-order valence-electron chi connectivity index (χ1n) is 6.67. The van der Waals surface area contributed by atoms with E-state index in [0.29, 0.717) is 5.92 Å². The van der Waals surface area contributed by atoms with Crippen molar-refractivity contribution < 1.29 is 4.79 Å². The van der Waals surface area contributed by atoms with Crippen LogP contribution in [0.3, 0.4) is 0 Å². The number of carbonyl (C=O) groups is 1. The number of primary amides is 1. The van der Waals surface area contributed by atoms with Crippen LogP contribution in [-0.4, -0.2) is 29.9 Å². The van der Waals surface area contributed by atoms with Gasteiger partial charge in [0.05, 0.1) is 6.04 Å². The number of likely N-dealkylation sites (tertiary alicyclic amines) is 1. The maximum atomic E-state index is 11.6. The van der Waals surface area contributed by atoms with Gasteiger partial charge in [-0.3, -0.25) is 9.69 Å². The zero-order chi connectivity index (χ0) is 12.1. The van der Waals surface area contributed by atoms with Crippen molar-refractivity contribution in [3.63, 3.8) is 0 Å². The van der Waals surface area contributed by atoms with E-state index in [2.05, 4.69) is 25.7 Å². The van der Waals surface area contributed by atoms with Gasteiger partial charge in [-0.15, -0.1) is 0 Å². The molecule has 1 amide bonds. The zero-order valence-corrected chi connectivity index (χ0v) is 10.9. The SMILES string of the molecule is CCC1CCN(C(C(N)=O)C(CC)CC)C1. The minimum Gasteiger partial charge on any atom is -0.368 e. The third kappa shape index (κ3) is 2.97. The molecule has 2 atom stereocenters. The minimum absolute atomic E-state index is 0.0356. The smallest absolute Gasteiger partial charge is 0.235 e. The van der Waals surface area contributed by atoms with Crippen LogP contribution in [-0.2, 0) is 4.79 Å². The molecule has 94 valence electrons. The van der Waals surface area contributed by atoms with Crippen LogP contribution in [0.2, 0.25) is 0 Å². The largest absolute Gasteiger partial charge is 0.368 e. The van der Waals surface area contributed by atoms with E-state index >= 15 is 0 Å². The first kappa shape index (κ1) is 13.5. The first-order chi connectivity index (χ1) is 7.63. The lowest BCUT2D eigenvalue weighted by Gasteiger charge is -2.31. The normalized spacial score (nSPS) is 23.9. The van der Waals surface area contributed by atoms with Gasteiger partial charge in [0.15, 0.2) is 0 Å². The third-order valence-electron chi connectivity index (χ3n) is 4.07. The molecule has 1 aliphatic heterocycles. The van der Waals surface area contributed by atoms with Gasteiger partial charge < -0.3 is 5.73 Å². The van der Waals surface area contributed by atoms with Crippen LogP contribution in [0.25, 0.3) is 0 Å². The number of nitrogens with zero attached hydrogens (tertiary/aromatic N) is 1. The van der Waals surface area contributed by atoms with E-state index in [1.807, 2.05) is 0 Å². The molecule has 1 aliphatic rings. The summed E-state index contributed by atoms with van der Waals surface area (Å²) < 4.78 is 0. The molecule has 1 saturated heterocycles. The average molecular weight is 226 g/mol. The van der Waals surface area contributed by atoms with Crippen molar-refractivity contribution in [1.29, 1.82) is 0 Å². The van der Waals surface area contributed by atoms with Gasteiger partial charge in [-0.05, 0) is 24.8 Å². The van der Waals surface area contributed by atoms with Gasteiger partial charge in [0.25, 0.3) is 0 Å². The minimum atomic E-state index is -0.134. The molecule has 0 radical (unpaired) electrons. The lowest BCUT2D eigenvalue weighted by Crippen LogP contribution is -2.48. The molecule has 3 nitrogen and oxygen atoms in total. The van der Waals surface area contributed by atoms with E-state index in [0.717, 1.165) is 31.8 Å². The van der Waals surface area contributed by atoms with Crippen molar-refractivity contribution in [1.82, 2.24) is 4.90 Å². The number of rotatable bonds is 6. The highest BCUT2D eigenvalue weighted by Gasteiger charge is 2.34.